The largest absolute Gasteiger partial charge is 0.394 e. The SMILES string of the molecule is OC[C@@H]1O[C@H](Nc2cccc(N[C@@H]3O[C@H](CO)C(O)C3O)c2)C(O)C1O. The zero-order chi connectivity index (χ0) is 18.8. The van der Waals surface area contributed by atoms with Crippen LogP contribution in [0.5, 0.6) is 0 Å². The molecule has 1 aromatic rings. The highest BCUT2D eigenvalue weighted by Crippen LogP contribution is 2.26. The fourth-order valence-corrected chi connectivity index (χ4v) is 3.06. The van der Waals surface area contributed by atoms with Gasteiger partial charge in [0.1, 0.15) is 36.6 Å². The Morgan fingerprint density at radius 1 is 0.731 bits per heavy atom. The Labute approximate surface area is 149 Å². The van der Waals surface area contributed by atoms with Gasteiger partial charge in [-0.05, 0) is 18.2 Å². The second-order valence-electron chi connectivity index (χ2n) is 6.39. The van der Waals surface area contributed by atoms with Crippen molar-refractivity contribution in [1.82, 2.24) is 0 Å². The van der Waals surface area contributed by atoms with E-state index in [0.29, 0.717) is 11.4 Å². The van der Waals surface area contributed by atoms with Crippen LogP contribution in [0, 0.1) is 0 Å². The van der Waals surface area contributed by atoms with E-state index >= 15 is 0 Å². The molecule has 8 atom stereocenters. The molecule has 3 rings (SSSR count). The van der Waals surface area contributed by atoms with Gasteiger partial charge in [0.25, 0.3) is 0 Å². The monoisotopic (exact) mass is 372 g/mol. The summed E-state index contributed by atoms with van der Waals surface area (Å²) in [5, 5.41) is 63.6. The topological polar surface area (TPSA) is 164 Å². The predicted octanol–water partition coefficient (Wildman–Crippen LogP) is -2.61. The van der Waals surface area contributed by atoms with Crippen molar-refractivity contribution in [1.29, 1.82) is 0 Å². The highest BCUT2D eigenvalue weighted by molar-refractivity contribution is 5.57. The van der Waals surface area contributed by atoms with E-state index in [1.54, 1.807) is 24.3 Å². The van der Waals surface area contributed by atoms with E-state index in [4.69, 9.17) is 19.7 Å². The molecule has 0 saturated carbocycles. The number of aliphatic hydroxyl groups excluding tert-OH is 6. The molecule has 146 valence electrons. The summed E-state index contributed by atoms with van der Waals surface area (Å²) in [6, 6.07) is 6.77. The summed E-state index contributed by atoms with van der Waals surface area (Å²) in [6.07, 6.45) is -8.34. The molecule has 0 aromatic heterocycles. The van der Waals surface area contributed by atoms with Gasteiger partial charge in [0.15, 0.2) is 12.5 Å². The molecular formula is C16H24N2O8. The molecule has 2 heterocycles. The van der Waals surface area contributed by atoms with E-state index in [-0.39, 0.29) is 0 Å². The van der Waals surface area contributed by atoms with E-state index in [2.05, 4.69) is 10.6 Å². The van der Waals surface area contributed by atoms with Gasteiger partial charge in [-0.3, -0.25) is 0 Å². The fourth-order valence-electron chi connectivity index (χ4n) is 3.06. The van der Waals surface area contributed by atoms with Crippen molar-refractivity contribution in [2.24, 2.45) is 0 Å². The lowest BCUT2D eigenvalue weighted by atomic mass is 10.1. The minimum absolute atomic E-state index is 0.413. The second kappa shape index (κ2) is 8.03. The molecule has 0 aliphatic carbocycles. The van der Waals surface area contributed by atoms with E-state index in [9.17, 15) is 20.4 Å². The molecule has 10 nitrogen and oxygen atoms in total. The lowest BCUT2D eigenvalue weighted by Crippen LogP contribution is -2.37. The summed E-state index contributed by atoms with van der Waals surface area (Å²) in [4.78, 5) is 0. The molecule has 8 N–H and O–H groups in total. The van der Waals surface area contributed by atoms with Crippen molar-refractivity contribution >= 4 is 11.4 Å². The Balaban J connectivity index is 1.64. The third-order valence-electron chi connectivity index (χ3n) is 4.57. The lowest BCUT2D eigenvalue weighted by Gasteiger charge is -2.20. The van der Waals surface area contributed by atoms with Gasteiger partial charge < -0.3 is 50.7 Å². The number of rotatable bonds is 6. The van der Waals surface area contributed by atoms with Gasteiger partial charge in [0.2, 0.25) is 0 Å². The number of ether oxygens (including phenoxy) is 2. The molecule has 4 unspecified atom stereocenters. The van der Waals surface area contributed by atoms with Gasteiger partial charge in [0.05, 0.1) is 13.2 Å². The summed E-state index contributed by atoms with van der Waals surface area (Å²) in [5.74, 6) is 0. The molecule has 1 aromatic carbocycles. The highest BCUT2D eigenvalue weighted by atomic mass is 16.6. The van der Waals surface area contributed by atoms with E-state index in [1.165, 1.54) is 0 Å². The van der Waals surface area contributed by atoms with Crippen LogP contribution in [0.25, 0.3) is 0 Å². The van der Waals surface area contributed by atoms with Crippen LogP contribution in [-0.2, 0) is 9.47 Å². The third-order valence-corrected chi connectivity index (χ3v) is 4.57. The average molecular weight is 372 g/mol. The van der Waals surface area contributed by atoms with Gasteiger partial charge in [-0.2, -0.15) is 0 Å². The van der Waals surface area contributed by atoms with Crippen molar-refractivity contribution in [3.63, 3.8) is 0 Å². The van der Waals surface area contributed by atoms with Gasteiger partial charge in [0, 0.05) is 11.4 Å². The number of hydrogen-bond acceptors (Lipinski definition) is 10. The van der Waals surface area contributed by atoms with Gasteiger partial charge in [-0.1, -0.05) is 6.07 Å². The molecule has 0 bridgehead atoms. The average Bonchev–Trinajstić information content (AvgIpc) is 3.06. The standard InChI is InChI=1S/C16H24N2O8/c19-5-9-11(21)13(23)15(25-9)17-7-2-1-3-8(4-7)18-16-14(24)12(22)10(6-20)26-16/h1-4,9-24H,5-6H2/t9-,10+,11?,12?,13?,14?,15-,16+. The maximum atomic E-state index is 9.97. The van der Waals surface area contributed by atoms with Crippen LogP contribution in [0.2, 0.25) is 0 Å². The third kappa shape index (κ3) is 3.77. The van der Waals surface area contributed by atoms with E-state index < -0.39 is 62.3 Å². The molecule has 10 heteroatoms. The van der Waals surface area contributed by atoms with E-state index in [0.717, 1.165) is 0 Å². The summed E-state index contributed by atoms with van der Waals surface area (Å²) in [5.41, 5.74) is 1.10. The first-order valence-corrected chi connectivity index (χ1v) is 8.32. The molecule has 0 amide bonds. The van der Waals surface area contributed by atoms with Crippen molar-refractivity contribution < 1.29 is 40.1 Å². The van der Waals surface area contributed by atoms with Gasteiger partial charge >= 0.3 is 0 Å². The maximum Gasteiger partial charge on any atom is 0.157 e. The number of aliphatic hydroxyl groups is 6. The first-order chi connectivity index (χ1) is 12.4. The lowest BCUT2D eigenvalue weighted by molar-refractivity contribution is -0.0154. The van der Waals surface area contributed by atoms with Crippen LogP contribution < -0.4 is 10.6 Å². The maximum absolute atomic E-state index is 9.97. The highest BCUT2D eigenvalue weighted by Gasteiger charge is 2.43. The van der Waals surface area contributed by atoms with Gasteiger partial charge in [-0.25, -0.2) is 0 Å². The summed E-state index contributed by atoms with van der Waals surface area (Å²) < 4.78 is 10.7. The zero-order valence-corrected chi connectivity index (χ0v) is 13.8. The van der Waals surface area contributed by atoms with Crippen molar-refractivity contribution in [2.45, 2.75) is 49.1 Å². The van der Waals surface area contributed by atoms with Crippen LogP contribution >= 0.6 is 0 Å². The number of benzene rings is 1. The Hall–Kier alpha value is -1.50. The number of anilines is 2. The minimum Gasteiger partial charge on any atom is -0.394 e. The molecule has 26 heavy (non-hydrogen) atoms. The van der Waals surface area contributed by atoms with Crippen LogP contribution in [0.15, 0.2) is 24.3 Å². The Bertz CT molecular complexity index is 558. The molecule has 0 spiro atoms. The van der Waals surface area contributed by atoms with Crippen LogP contribution in [0.4, 0.5) is 11.4 Å². The summed E-state index contributed by atoms with van der Waals surface area (Å²) >= 11 is 0. The smallest absolute Gasteiger partial charge is 0.157 e. The Morgan fingerprint density at radius 2 is 1.15 bits per heavy atom. The first kappa shape index (κ1) is 19.3. The normalized spacial score (nSPS) is 39.9. The Kier molecular flexibility index (Phi) is 5.95. The summed E-state index contributed by atoms with van der Waals surface area (Å²) in [7, 11) is 0. The number of hydrogen-bond donors (Lipinski definition) is 8. The molecular weight excluding hydrogens is 348 g/mol. The first-order valence-electron chi connectivity index (χ1n) is 8.32. The predicted molar refractivity (Wildman–Crippen MR) is 89.2 cm³/mol. The van der Waals surface area contributed by atoms with Crippen molar-refractivity contribution in [3.05, 3.63) is 24.3 Å². The molecule has 2 saturated heterocycles. The zero-order valence-electron chi connectivity index (χ0n) is 13.8. The van der Waals surface area contributed by atoms with Crippen molar-refractivity contribution in [2.75, 3.05) is 23.8 Å². The van der Waals surface area contributed by atoms with E-state index in [1.807, 2.05) is 0 Å². The van der Waals surface area contributed by atoms with Crippen molar-refractivity contribution in [3.8, 4) is 0 Å². The summed E-state index contributed by atoms with van der Waals surface area (Å²) in [6.45, 7) is -0.827. The minimum atomic E-state index is -1.20. The number of nitrogens with one attached hydrogen (secondary N) is 2. The fraction of sp³-hybridized carbons (Fsp3) is 0.625. The molecule has 2 fully saturated rings. The van der Waals surface area contributed by atoms with Crippen LogP contribution in [-0.4, -0.2) is 92.9 Å². The van der Waals surface area contributed by atoms with Crippen LogP contribution in [0.3, 0.4) is 0 Å². The molecule has 2 aliphatic rings. The molecule has 0 radical (unpaired) electrons. The quantitative estimate of drug-likeness (QED) is 0.265. The Morgan fingerprint density at radius 3 is 1.50 bits per heavy atom. The van der Waals surface area contributed by atoms with Gasteiger partial charge in [-0.15, -0.1) is 0 Å². The molecule has 2 aliphatic heterocycles. The second-order valence-corrected chi connectivity index (χ2v) is 6.39. The van der Waals surface area contributed by atoms with Crippen LogP contribution in [0.1, 0.15) is 0 Å².